The van der Waals surface area contributed by atoms with Crippen molar-refractivity contribution in [2.24, 2.45) is 5.92 Å². The van der Waals surface area contributed by atoms with Gasteiger partial charge in [-0.3, -0.25) is 4.79 Å². The molecule has 2 atom stereocenters. The van der Waals surface area contributed by atoms with Crippen LogP contribution >= 0.6 is 24.8 Å². The Morgan fingerprint density at radius 1 is 1.40 bits per heavy atom. The molecule has 20 heavy (non-hydrogen) atoms. The highest BCUT2D eigenvalue weighted by atomic mass is 32.1. The summed E-state index contributed by atoms with van der Waals surface area (Å²) in [6.07, 6.45) is 2.12. The van der Waals surface area contributed by atoms with Crippen LogP contribution < -0.4 is 5.32 Å². The third-order valence-electron chi connectivity index (χ3n) is 3.11. The average molecular weight is 311 g/mol. The van der Waals surface area contributed by atoms with Gasteiger partial charge in [0, 0.05) is 5.75 Å². The second kappa shape index (κ2) is 8.97. The third-order valence-corrected chi connectivity index (χ3v) is 3.83. The van der Waals surface area contributed by atoms with E-state index in [2.05, 4.69) is 17.9 Å². The first-order chi connectivity index (χ1) is 9.58. The van der Waals surface area contributed by atoms with Crippen LogP contribution in [-0.2, 0) is 11.2 Å². The summed E-state index contributed by atoms with van der Waals surface area (Å²) >= 11 is 9.03. The van der Waals surface area contributed by atoms with E-state index in [1.165, 1.54) is 0 Å². The predicted octanol–water partition coefficient (Wildman–Crippen LogP) is 2.95. The monoisotopic (exact) mass is 311 g/mol. The van der Waals surface area contributed by atoms with Crippen molar-refractivity contribution in [3.05, 3.63) is 35.9 Å². The zero-order chi connectivity index (χ0) is 15.0. The molecule has 1 amide bonds. The van der Waals surface area contributed by atoms with Crippen LogP contribution in [0.3, 0.4) is 0 Å². The standard InChI is InChI=1S/C15H21NO2S2/c1-2-6-13(15(18)20)16-14(17)12(10-19)9-11-7-4-3-5-8-11/h3-5,7-8,12-13,19H,2,6,9-10H2,1H3,(H,16,17)(H,18,20). The lowest BCUT2D eigenvalue weighted by Gasteiger charge is -2.20. The van der Waals surface area contributed by atoms with Crippen molar-refractivity contribution >= 4 is 35.8 Å². The average Bonchev–Trinajstić information content (AvgIpc) is 2.45. The Kier molecular flexibility index (Phi) is 7.62. The number of aliphatic hydroxyl groups is 1. The smallest absolute Gasteiger partial charge is 0.224 e. The lowest BCUT2D eigenvalue weighted by Crippen LogP contribution is -2.44. The highest BCUT2D eigenvalue weighted by Crippen LogP contribution is 2.11. The minimum Gasteiger partial charge on any atom is -0.500 e. The SMILES string of the molecule is CCCC(NC(=O)C(CS)Cc1ccccc1)C(O)=S. The van der Waals surface area contributed by atoms with Crippen molar-refractivity contribution in [3.63, 3.8) is 0 Å². The first-order valence-electron chi connectivity index (χ1n) is 6.76. The molecule has 1 aromatic carbocycles. The molecule has 0 aromatic heterocycles. The van der Waals surface area contributed by atoms with Gasteiger partial charge in [-0.2, -0.15) is 12.6 Å². The maximum atomic E-state index is 12.2. The molecule has 110 valence electrons. The molecule has 1 rings (SSSR count). The molecule has 0 aliphatic rings. The Labute approximate surface area is 131 Å². The normalized spacial score (nSPS) is 13.5. The van der Waals surface area contributed by atoms with Crippen LogP contribution in [0.1, 0.15) is 25.3 Å². The summed E-state index contributed by atoms with van der Waals surface area (Å²) in [5.74, 6) is 0.116. The van der Waals surface area contributed by atoms with Crippen LogP contribution in [0.2, 0.25) is 0 Å². The lowest BCUT2D eigenvalue weighted by molar-refractivity contribution is -0.124. The summed E-state index contributed by atoms with van der Waals surface area (Å²) in [6.45, 7) is 1.98. The summed E-state index contributed by atoms with van der Waals surface area (Å²) in [4.78, 5) is 12.2. The third kappa shape index (κ3) is 5.51. The summed E-state index contributed by atoms with van der Waals surface area (Å²) in [5.41, 5.74) is 1.10. The van der Waals surface area contributed by atoms with Crippen molar-refractivity contribution in [2.75, 3.05) is 5.75 Å². The molecule has 0 bridgehead atoms. The Morgan fingerprint density at radius 2 is 2.05 bits per heavy atom. The Morgan fingerprint density at radius 3 is 2.55 bits per heavy atom. The largest absolute Gasteiger partial charge is 0.500 e. The Bertz CT molecular complexity index is 437. The van der Waals surface area contributed by atoms with Crippen molar-refractivity contribution in [1.82, 2.24) is 5.32 Å². The number of thiol groups is 1. The highest BCUT2D eigenvalue weighted by molar-refractivity contribution is 7.80. The number of thiocarbonyl (C=S) groups is 1. The van der Waals surface area contributed by atoms with Crippen LogP contribution in [0.5, 0.6) is 0 Å². The van der Waals surface area contributed by atoms with Crippen molar-refractivity contribution in [3.8, 4) is 0 Å². The van der Waals surface area contributed by atoms with Crippen molar-refractivity contribution < 1.29 is 9.90 Å². The first-order valence-corrected chi connectivity index (χ1v) is 7.80. The van der Waals surface area contributed by atoms with E-state index < -0.39 is 6.04 Å². The molecular formula is C15H21NO2S2. The molecule has 3 nitrogen and oxygen atoms in total. The maximum absolute atomic E-state index is 12.2. The van der Waals surface area contributed by atoms with E-state index in [-0.39, 0.29) is 16.9 Å². The van der Waals surface area contributed by atoms with Crippen molar-refractivity contribution in [2.45, 2.75) is 32.2 Å². The van der Waals surface area contributed by atoms with Gasteiger partial charge >= 0.3 is 0 Å². The number of hydrogen-bond acceptors (Lipinski definition) is 3. The predicted molar refractivity (Wildman–Crippen MR) is 89.6 cm³/mol. The highest BCUT2D eigenvalue weighted by Gasteiger charge is 2.22. The van der Waals surface area contributed by atoms with Gasteiger partial charge in [0.1, 0.15) is 0 Å². The van der Waals surface area contributed by atoms with Gasteiger partial charge in [0.05, 0.1) is 12.0 Å². The molecule has 0 spiro atoms. The van der Waals surface area contributed by atoms with Gasteiger partial charge in [-0.25, -0.2) is 0 Å². The maximum Gasteiger partial charge on any atom is 0.224 e. The number of aliphatic hydroxyl groups excluding tert-OH is 1. The zero-order valence-corrected chi connectivity index (χ0v) is 13.3. The van der Waals surface area contributed by atoms with E-state index in [9.17, 15) is 9.90 Å². The summed E-state index contributed by atoms with van der Waals surface area (Å²) < 4.78 is 0. The minimum atomic E-state index is -0.444. The minimum absolute atomic E-state index is 0.112. The molecule has 2 unspecified atom stereocenters. The molecule has 1 aromatic rings. The molecule has 5 heteroatoms. The van der Waals surface area contributed by atoms with Crippen LogP contribution in [-0.4, -0.2) is 27.9 Å². The molecule has 0 saturated heterocycles. The van der Waals surface area contributed by atoms with Crippen molar-refractivity contribution in [1.29, 1.82) is 0 Å². The van der Waals surface area contributed by atoms with Crippen LogP contribution in [0.4, 0.5) is 0 Å². The number of rotatable bonds is 8. The van der Waals surface area contributed by atoms with E-state index in [0.717, 1.165) is 12.0 Å². The van der Waals surface area contributed by atoms with E-state index in [1.807, 2.05) is 37.3 Å². The zero-order valence-electron chi connectivity index (χ0n) is 11.6. The molecular weight excluding hydrogens is 290 g/mol. The van der Waals surface area contributed by atoms with Gasteiger partial charge in [-0.1, -0.05) is 43.7 Å². The fourth-order valence-electron chi connectivity index (χ4n) is 1.97. The number of hydrogen-bond donors (Lipinski definition) is 3. The number of carbonyl (C=O) groups excluding carboxylic acids is 1. The van der Waals surface area contributed by atoms with Crippen LogP contribution in [0.25, 0.3) is 0 Å². The summed E-state index contributed by atoms with van der Waals surface area (Å²) in [5, 5.41) is 12.1. The molecule has 0 heterocycles. The number of benzene rings is 1. The van der Waals surface area contributed by atoms with E-state index in [4.69, 9.17) is 12.2 Å². The Hall–Kier alpha value is -1.07. The lowest BCUT2D eigenvalue weighted by atomic mass is 9.99. The first kappa shape index (κ1) is 17.0. The van der Waals surface area contributed by atoms with Crippen LogP contribution in [0, 0.1) is 5.92 Å². The molecule has 0 fully saturated rings. The topological polar surface area (TPSA) is 49.3 Å². The van der Waals surface area contributed by atoms with E-state index >= 15 is 0 Å². The second-order valence-electron chi connectivity index (χ2n) is 4.76. The molecule has 2 N–H and O–H groups in total. The van der Waals surface area contributed by atoms with Gasteiger partial charge in [-0.15, -0.1) is 0 Å². The summed E-state index contributed by atoms with van der Waals surface area (Å²) in [6, 6.07) is 9.38. The molecule has 0 aliphatic carbocycles. The fourth-order valence-corrected chi connectivity index (χ4v) is 2.45. The van der Waals surface area contributed by atoms with Gasteiger partial charge < -0.3 is 10.4 Å². The quantitative estimate of drug-likeness (QED) is 0.511. The molecule has 0 saturated carbocycles. The van der Waals surface area contributed by atoms with Gasteiger partial charge in [-0.05, 0) is 30.6 Å². The summed E-state index contributed by atoms with van der Waals surface area (Å²) in [7, 11) is 0. The fraction of sp³-hybridized carbons (Fsp3) is 0.467. The number of nitrogens with one attached hydrogen (secondary N) is 1. The van der Waals surface area contributed by atoms with Crippen LogP contribution in [0.15, 0.2) is 30.3 Å². The second-order valence-corrected chi connectivity index (χ2v) is 5.54. The van der Waals surface area contributed by atoms with Gasteiger partial charge in [0.2, 0.25) is 5.91 Å². The van der Waals surface area contributed by atoms with E-state index in [1.54, 1.807) is 0 Å². The molecule has 0 aliphatic heterocycles. The number of amides is 1. The van der Waals surface area contributed by atoms with Gasteiger partial charge in [0.25, 0.3) is 0 Å². The Balaban J connectivity index is 2.64. The van der Waals surface area contributed by atoms with E-state index in [0.29, 0.717) is 18.6 Å². The molecule has 0 radical (unpaired) electrons. The van der Waals surface area contributed by atoms with Gasteiger partial charge in [0.15, 0.2) is 5.05 Å². The number of carbonyl (C=O) groups is 1.